The molecule has 2 heterocycles. The molecule has 0 unspecified atom stereocenters. The SMILES string of the molecule is O=C1/C(=C\c2ccc3c(c2)OCO3)N=C(c2ccccc2F)N1c1ccc(Cl)cc1. The van der Waals surface area contributed by atoms with Gasteiger partial charge in [-0.25, -0.2) is 9.38 Å². The third-order valence-electron chi connectivity index (χ3n) is 4.76. The van der Waals surface area contributed by atoms with Crippen LogP contribution in [0.15, 0.2) is 77.4 Å². The van der Waals surface area contributed by atoms with Crippen LogP contribution in [0.4, 0.5) is 10.1 Å². The molecule has 0 saturated carbocycles. The van der Waals surface area contributed by atoms with E-state index in [0.717, 1.165) is 5.56 Å². The monoisotopic (exact) mass is 420 g/mol. The smallest absolute Gasteiger partial charge is 0.282 e. The van der Waals surface area contributed by atoms with Crippen LogP contribution in [-0.4, -0.2) is 18.5 Å². The minimum Gasteiger partial charge on any atom is -0.454 e. The van der Waals surface area contributed by atoms with E-state index in [1.165, 1.54) is 11.0 Å². The maximum Gasteiger partial charge on any atom is 0.282 e. The van der Waals surface area contributed by atoms with Crippen molar-refractivity contribution in [3.63, 3.8) is 0 Å². The summed E-state index contributed by atoms with van der Waals surface area (Å²) in [5.74, 6) is 0.629. The maximum atomic E-state index is 14.5. The highest BCUT2D eigenvalue weighted by molar-refractivity contribution is 6.34. The van der Waals surface area contributed by atoms with Crippen LogP contribution in [0.2, 0.25) is 5.02 Å². The van der Waals surface area contributed by atoms with E-state index in [-0.39, 0.29) is 29.8 Å². The van der Waals surface area contributed by atoms with Gasteiger partial charge in [-0.2, -0.15) is 0 Å². The van der Waals surface area contributed by atoms with Crippen LogP contribution in [0.1, 0.15) is 11.1 Å². The van der Waals surface area contributed by atoms with Gasteiger partial charge < -0.3 is 9.47 Å². The molecule has 148 valence electrons. The van der Waals surface area contributed by atoms with Gasteiger partial charge in [0.25, 0.3) is 5.91 Å². The average Bonchev–Trinajstić information content (AvgIpc) is 3.34. The number of amides is 1. The first kappa shape index (κ1) is 18.4. The zero-order valence-electron chi connectivity index (χ0n) is 15.5. The number of benzene rings is 3. The molecule has 0 atom stereocenters. The number of aliphatic imine (C=N–C) groups is 1. The van der Waals surface area contributed by atoms with Crippen LogP contribution in [0.5, 0.6) is 11.5 Å². The fourth-order valence-corrected chi connectivity index (χ4v) is 3.46. The summed E-state index contributed by atoms with van der Waals surface area (Å²) in [6.45, 7) is 0.161. The first-order valence-electron chi connectivity index (χ1n) is 9.15. The Morgan fingerprint density at radius 2 is 1.77 bits per heavy atom. The molecule has 0 fully saturated rings. The lowest BCUT2D eigenvalue weighted by Gasteiger charge is -2.19. The molecule has 3 aromatic carbocycles. The van der Waals surface area contributed by atoms with E-state index in [0.29, 0.717) is 22.2 Å². The second-order valence-electron chi connectivity index (χ2n) is 6.67. The van der Waals surface area contributed by atoms with Gasteiger partial charge in [0.2, 0.25) is 6.79 Å². The molecule has 0 aromatic heterocycles. The third kappa shape index (κ3) is 3.21. The van der Waals surface area contributed by atoms with Crippen LogP contribution in [-0.2, 0) is 4.79 Å². The van der Waals surface area contributed by atoms with Crippen molar-refractivity contribution < 1.29 is 18.7 Å². The van der Waals surface area contributed by atoms with E-state index >= 15 is 0 Å². The number of amidine groups is 1. The van der Waals surface area contributed by atoms with Gasteiger partial charge in [0, 0.05) is 5.02 Å². The number of nitrogens with zero attached hydrogens (tertiary/aromatic N) is 2. The molecule has 3 aromatic rings. The van der Waals surface area contributed by atoms with Crippen LogP contribution < -0.4 is 14.4 Å². The average molecular weight is 421 g/mol. The maximum absolute atomic E-state index is 14.5. The number of fused-ring (bicyclic) bond motifs is 1. The molecule has 7 heteroatoms. The number of halogens is 2. The van der Waals surface area contributed by atoms with E-state index in [1.807, 2.05) is 0 Å². The summed E-state index contributed by atoms with van der Waals surface area (Å²) in [5, 5.41) is 0.533. The van der Waals surface area contributed by atoms with Crippen molar-refractivity contribution in [3.8, 4) is 11.5 Å². The van der Waals surface area contributed by atoms with Gasteiger partial charge in [-0.15, -0.1) is 0 Å². The molecule has 2 aliphatic rings. The molecule has 0 bridgehead atoms. The summed E-state index contributed by atoms with van der Waals surface area (Å²) < 4.78 is 25.2. The Labute approximate surface area is 176 Å². The van der Waals surface area contributed by atoms with Crippen LogP contribution in [0, 0.1) is 5.82 Å². The van der Waals surface area contributed by atoms with Crippen molar-refractivity contribution in [3.05, 3.63) is 94.4 Å². The molecule has 2 aliphatic heterocycles. The summed E-state index contributed by atoms with van der Waals surface area (Å²) in [4.78, 5) is 19.1. The summed E-state index contributed by atoms with van der Waals surface area (Å²) in [6, 6.07) is 18.3. The lowest BCUT2D eigenvalue weighted by Crippen LogP contribution is -2.33. The molecule has 30 heavy (non-hydrogen) atoms. The molecule has 0 radical (unpaired) electrons. The fraction of sp³-hybridized carbons (Fsp3) is 0.0435. The number of ether oxygens (including phenoxy) is 2. The molecule has 5 nitrogen and oxygen atoms in total. The first-order chi connectivity index (χ1) is 14.6. The molecule has 1 amide bonds. The number of carbonyl (C=O) groups excluding carboxylic acids is 1. The first-order valence-corrected chi connectivity index (χ1v) is 9.53. The van der Waals surface area contributed by atoms with Crippen LogP contribution in [0.3, 0.4) is 0 Å². The topological polar surface area (TPSA) is 51.1 Å². The van der Waals surface area contributed by atoms with Gasteiger partial charge in [0.1, 0.15) is 11.5 Å². The van der Waals surface area contributed by atoms with Crippen molar-refractivity contribution in [2.24, 2.45) is 4.99 Å². The summed E-state index contributed by atoms with van der Waals surface area (Å²) >= 11 is 5.99. The Kier molecular flexibility index (Phi) is 4.48. The Morgan fingerprint density at radius 3 is 2.57 bits per heavy atom. The normalized spacial score (nSPS) is 16.3. The zero-order chi connectivity index (χ0) is 20.7. The van der Waals surface area contributed by atoms with Crippen molar-refractivity contribution in [2.45, 2.75) is 0 Å². The van der Waals surface area contributed by atoms with E-state index < -0.39 is 5.82 Å². The Morgan fingerprint density at radius 1 is 1.00 bits per heavy atom. The standard InChI is InChI=1S/C23H14ClFN2O3/c24-15-6-8-16(9-7-15)27-22(17-3-1-2-4-18(17)25)26-19(23(27)28)11-14-5-10-20-21(12-14)30-13-29-20/h1-12H,13H2/b19-11+. The minimum absolute atomic E-state index is 0.161. The lowest BCUT2D eigenvalue weighted by molar-refractivity contribution is -0.113. The molecule has 5 rings (SSSR count). The highest BCUT2D eigenvalue weighted by Gasteiger charge is 2.33. The summed E-state index contributed by atoms with van der Waals surface area (Å²) in [5.41, 5.74) is 1.68. The predicted molar refractivity (Wildman–Crippen MR) is 112 cm³/mol. The van der Waals surface area contributed by atoms with Gasteiger partial charge in [0.15, 0.2) is 17.3 Å². The van der Waals surface area contributed by atoms with Gasteiger partial charge in [-0.05, 0) is 60.2 Å². The number of hydrogen-bond donors (Lipinski definition) is 0. The molecular weight excluding hydrogens is 407 g/mol. The zero-order valence-corrected chi connectivity index (χ0v) is 16.3. The molecular formula is C23H14ClFN2O3. The second-order valence-corrected chi connectivity index (χ2v) is 7.11. The highest BCUT2D eigenvalue weighted by Crippen LogP contribution is 2.34. The predicted octanol–water partition coefficient (Wildman–Crippen LogP) is 5.04. The number of rotatable bonds is 3. The molecule has 0 aliphatic carbocycles. The van der Waals surface area contributed by atoms with E-state index in [2.05, 4.69) is 4.99 Å². The van der Waals surface area contributed by atoms with Crippen molar-refractivity contribution >= 4 is 35.1 Å². The number of hydrogen-bond acceptors (Lipinski definition) is 4. The van der Waals surface area contributed by atoms with E-state index in [9.17, 15) is 9.18 Å². The second kappa shape index (κ2) is 7.31. The molecule has 0 saturated heterocycles. The van der Waals surface area contributed by atoms with Gasteiger partial charge >= 0.3 is 0 Å². The highest BCUT2D eigenvalue weighted by atomic mass is 35.5. The summed E-state index contributed by atoms with van der Waals surface area (Å²) in [6.07, 6.45) is 1.64. The molecule has 0 spiro atoms. The van der Waals surface area contributed by atoms with Crippen molar-refractivity contribution in [2.75, 3.05) is 11.7 Å². The van der Waals surface area contributed by atoms with Crippen molar-refractivity contribution in [1.82, 2.24) is 0 Å². The van der Waals surface area contributed by atoms with Gasteiger partial charge in [0.05, 0.1) is 11.3 Å². The minimum atomic E-state index is -0.465. The van der Waals surface area contributed by atoms with E-state index in [4.69, 9.17) is 21.1 Å². The summed E-state index contributed by atoms with van der Waals surface area (Å²) in [7, 11) is 0. The van der Waals surface area contributed by atoms with E-state index in [1.54, 1.807) is 66.7 Å². The fourth-order valence-electron chi connectivity index (χ4n) is 3.33. The quantitative estimate of drug-likeness (QED) is 0.558. The lowest BCUT2D eigenvalue weighted by atomic mass is 10.1. The Bertz CT molecular complexity index is 1220. The third-order valence-corrected chi connectivity index (χ3v) is 5.01. The molecule has 0 N–H and O–H groups in total. The Balaban J connectivity index is 1.61. The van der Waals surface area contributed by atoms with Crippen LogP contribution in [0.25, 0.3) is 6.08 Å². The van der Waals surface area contributed by atoms with Gasteiger partial charge in [-0.1, -0.05) is 29.8 Å². The van der Waals surface area contributed by atoms with Crippen molar-refractivity contribution in [1.29, 1.82) is 0 Å². The number of carbonyl (C=O) groups is 1. The van der Waals surface area contributed by atoms with Crippen LogP contribution >= 0.6 is 11.6 Å². The largest absolute Gasteiger partial charge is 0.454 e. The van der Waals surface area contributed by atoms with Gasteiger partial charge in [-0.3, -0.25) is 9.69 Å². The Hall–Kier alpha value is -3.64. The number of anilines is 1.